The molecule has 2 aromatic rings. The SMILES string of the molecule is C=C1NC(=O)N[C@H](c2ccc(Br)cc2)[C@H]1C(=O)Nc1ccccc1C(F)(F)F. The zero-order valence-corrected chi connectivity index (χ0v) is 15.9. The first-order valence-corrected chi connectivity index (χ1v) is 8.95. The van der Waals surface area contributed by atoms with E-state index in [1.54, 1.807) is 24.3 Å². The number of para-hydroxylation sites is 1. The van der Waals surface area contributed by atoms with E-state index in [0.717, 1.165) is 10.5 Å². The molecule has 0 spiro atoms. The van der Waals surface area contributed by atoms with Crippen LogP contribution in [0.4, 0.5) is 23.7 Å². The van der Waals surface area contributed by atoms with Crippen LogP contribution < -0.4 is 16.0 Å². The topological polar surface area (TPSA) is 70.2 Å². The minimum Gasteiger partial charge on any atom is -0.330 e. The van der Waals surface area contributed by atoms with Crippen LogP contribution in [0.5, 0.6) is 0 Å². The Morgan fingerprint density at radius 2 is 1.75 bits per heavy atom. The van der Waals surface area contributed by atoms with Crippen molar-refractivity contribution < 1.29 is 22.8 Å². The summed E-state index contributed by atoms with van der Waals surface area (Å²) in [4.78, 5) is 24.7. The molecule has 2 atom stereocenters. The van der Waals surface area contributed by atoms with E-state index in [4.69, 9.17) is 0 Å². The molecule has 1 aliphatic rings. The van der Waals surface area contributed by atoms with Gasteiger partial charge in [0.15, 0.2) is 0 Å². The van der Waals surface area contributed by atoms with Crippen LogP contribution in [0.15, 0.2) is 65.3 Å². The smallest absolute Gasteiger partial charge is 0.330 e. The van der Waals surface area contributed by atoms with Crippen molar-refractivity contribution in [1.29, 1.82) is 0 Å². The molecule has 0 unspecified atom stereocenters. The van der Waals surface area contributed by atoms with Crippen molar-refractivity contribution in [1.82, 2.24) is 10.6 Å². The molecule has 0 saturated carbocycles. The Morgan fingerprint density at radius 3 is 2.39 bits per heavy atom. The summed E-state index contributed by atoms with van der Waals surface area (Å²) in [5.41, 5.74) is -0.608. The van der Waals surface area contributed by atoms with Crippen molar-refractivity contribution in [2.75, 3.05) is 5.32 Å². The summed E-state index contributed by atoms with van der Waals surface area (Å²) in [6.45, 7) is 3.71. The van der Waals surface area contributed by atoms with Crippen LogP contribution >= 0.6 is 15.9 Å². The van der Waals surface area contributed by atoms with Crippen LogP contribution in [-0.4, -0.2) is 11.9 Å². The maximum atomic E-state index is 13.2. The Morgan fingerprint density at radius 1 is 1.11 bits per heavy atom. The summed E-state index contributed by atoms with van der Waals surface area (Å²) in [6.07, 6.45) is -4.62. The van der Waals surface area contributed by atoms with Gasteiger partial charge in [0.25, 0.3) is 0 Å². The molecule has 146 valence electrons. The number of hydrogen-bond donors (Lipinski definition) is 3. The van der Waals surface area contributed by atoms with Gasteiger partial charge in [0.1, 0.15) is 5.92 Å². The predicted molar refractivity (Wildman–Crippen MR) is 101 cm³/mol. The molecular formula is C19H15BrF3N3O2. The number of halogens is 4. The van der Waals surface area contributed by atoms with E-state index in [1.165, 1.54) is 18.2 Å². The molecule has 3 rings (SSSR count). The summed E-state index contributed by atoms with van der Waals surface area (Å²) >= 11 is 3.30. The fourth-order valence-corrected chi connectivity index (χ4v) is 3.26. The highest BCUT2D eigenvalue weighted by Crippen LogP contribution is 2.36. The lowest BCUT2D eigenvalue weighted by Gasteiger charge is -2.34. The van der Waals surface area contributed by atoms with Crippen molar-refractivity contribution in [3.8, 4) is 0 Å². The van der Waals surface area contributed by atoms with Gasteiger partial charge in [-0.1, -0.05) is 46.8 Å². The predicted octanol–water partition coefficient (Wildman–Crippen LogP) is 4.59. The van der Waals surface area contributed by atoms with Crippen LogP contribution in [-0.2, 0) is 11.0 Å². The zero-order valence-electron chi connectivity index (χ0n) is 14.3. The third-order valence-corrected chi connectivity index (χ3v) is 4.80. The number of nitrogens with one attached hydrogen (secondary N) is 3. The summed E-state index contributed by atoms with van der Waals surface area (Å²) in [5, 5.41) is 7.37. The van der Waals surface area contributed by atoms with Crippen molar-refractivity contribution in [2.45, 2.75) is 12.2 Å². The van der Waals surface area contributed by atoms with E-state index in [2.05, 4.69) is 38.5 Å². The molecule has 3 amide bonds. The van der Waals surface area contributed by atoms with Gasteiger partial charge in [0.2, 0.25) is 5.91 Å². The Labute approximate surface area is 167 Å². The minimum absolute atomic E-state index is 0.0960. The van der Waals surface area contributed by atoms with Gasteiger partial charge in [-0.25, -0.2) is 4.79 Å². The van der Waals surface area contributed by atoms with Crippen LogP contribution in [0.3, 0.4) is 0 Å². The third kappa shape index (κ3) is 4.19. The van der Waals surface area contributed by atoms with Crippen LogP contribution in [0.1, 0.15) is 17.2 Å². The average molecular weight is 454 g/mol. The van der Waals surface area contributed by atoms with Gasteiger partial charge in [-0.15, -0.1) is 0 Å². The lowest BCUT2D eigenvalue weighted by molar-refractivity contribution is -0.137. The van der Waals surface area contributed by atoms with Crippen LogP contribution in [0, 0.1) is 5.92 Å². The molecule has 0 radical (unpaired) electrons. The lowest BCUT2D eigenvalue weighted by atomic mass is 9.88. The fourth-order valence-electron chi connectivity index (χ4n) is 2.99. The van der Waals surface area contributed by atoms with E-state index in [1.807, 2.05) is 0 Å². The molecule has 2 aromatic carbocycles. The summed E-state index contributed by atoms with van der Waals surface area (Å²) in [6, 6.07) is 10.3. The highest BCUT2D eigenvalue weighted by Gasteiger charge is 2.39. The average Bonchev–Trinajstić information content (AvgIpc) is 2.61. The number of urea groups is 1. The Balaban J connectivity index is 1.93. The summed E-state index contributed by atoms with van der Waals surface area (Å²) in [7, 11) is 0. The van der Waals surface area contributed by atoms with Crippen molar-refractivity contribution in [3.63, 3.8) is 0 Å². The highest BCUT2D eigenvalue weighted by molar-refractivity contribution is 9.10. The largest absolute Gasteiger partial charge is 0.418 e. The molecule has 0 aliphatic carbocycles. The standard InChI is InChI=1S/C19H15BrF3N3O2/c1-10-15(16(26-18(28)24-10)11-6-8-12(20)9-7-11)17(27)25-14-5-3-2-4-13(14)19(21,22)23/h2-9,15-16H,1H2,(H,25,27)(H2,24,26,28)/t15-,16+/m0/s1. The molecule has 1 aliphatic heterocycles. The fraction of sp³-hybridized carbons (Fsp3) is 0.158. The maximum Gasteiger partial charge on any atom is 0.418 e. The third-order valence-electron chi connectivity index (χ3n) is 4.27. The van der Waals surface area contributed by atoms with Gasteiger partial charge in [0, 0.05) is 10.2 Å². The Hall–Kier alpha value is -2.81. The molecule has 9 heteroatoms. The first-order chi connectivity index (χ1) is 13.2. The summed E-state index contributed by atoms with van der Waals surface area (Å²) < 4.78 is 40.4. The second kappa shape index (κ2) is 7.67. The molecule has 0 aromatic heterocycles. The van der Waals surface area contributed by atoms with Crippen molar-refractivity contribution in [2.24, 2.45) is 5.92 Å². The number of alkyl halides is 3. The first kappa shape index (κ1) is 19.9. The van der Waals surface area contributed by atoms with Gasteiger partial charge in [-0.2, -0.15) is 13.2 Å². The quantitative estimate of drug-likeness (QED) is 0.635. The molecule has 5 nitrogen and oxygen atoms in total. The molecule has 28 heavy (non-hydrogen) atoms. The number of amides is 3. The molecule has 3 N–H and O–H groups in total. The molecule has 0 bridgehead atoms. The van der Waals surface area contributed by atoms with Crippen molar-refractivity contribution in [3.05, 3.63) is 76.4 Å². The Kier molecular flexibility index (Phi) is 5.46. The van der Waals surface area contributed by atoms with E-state index in [-0.39, 0.29) is 11.4 Å². The number of anilines is 1. The van der Waals surface area contributed by atoms with Gasteiger partial charge < -0.3 is 16.0 Å². The first-order valence-electron chi connectivity index (χ1n) is 8.15. The molecular weight excluding hydrogens is 439 g/mol. The normalized spacial score (nSPS) is 19.6. The summed E-state index contributed by atoms with van der Waals surface area (Å²) in [5.74, 6) is -1.73. The highest BCUT2D eigenvalue weighted by atomic mass is 79.9. The van der Waals surface area contributed by atoms with E-state index in [0.29, 0.717) is 5.56 Å². The molecule has 1 heterocycles. The van der Waals surface area contributed by atoms with Gasteiger partial charge in [0.05, 0.1) is 17.3 Å². The van der Waals surface area contributed by atoms with E-state index in [9.17, 15) is 22.8 Å². The second-order valence-corrected chi connectivity index (χ2v) is 7.08. The molecule has 1 saturated heterocycles. The maximum absolute atomic E-state index is 13.2. The van der Waals surface area contributed by atoms with E-state index >= 15 is 0 Å². The van der Waals surface area contributed by atoms with Gasteiger partial charge in [-0.05, 0) is 29.8 Å². The number of hydrogen-bond acceptors (Lipinski definition) is 2. The Bertz CT molecular complexity index is 929. The number of benzene rings is 2. The van der Waals surface area contributed by atoms with Crippen LogP contribution in [0.2, 0.25) is 0 Å². The monoisotopic (exact) mass is 453 g/mol. The van der Waals surface area contributed by atoms with E-state index < -0.39 is 35.6 Å². The second-order valence-electron chi connectivity index (χ2n) is 6.16. The van der Waals surface area contributed by atoms with Gasteiger partial charge >= 0.3 is 12.2 Å². The molecule has 1 fully saturated rings. The zero-order chi connectivity index (χ0) is 20.5. The minimum atomic E-state index is -4.62. The van der Waals surface area contributed by atoms with Gasteiger partial charge in [-0.3, -0.25) is 4.79 Å². The number of carbonyl (C=O) groups excluding carboxylic acids is 2. The van der Waals surface area contributed by atoms with Crippen molar-refractivity contribution >= 4 is 33.6 Å². The number of carbonyl (C=O) groups is 2. The van der Waals surface area contributed by atoms with Crippen LogP contribution in [0.25, 0.3) is 0 Å². The lowest BCUT2D eigenvalue weighted by Crippen LogP contribution is -2.51. The number of rotatable bonds is 3.